The van der Waals surface area contributed by atoms with Crippen LogP contribution in [0.1, 0.15) is 54.5 Å². The summed E-state index contributed by atoms with van der Waals surface area (Å²) in [5.74, 6) is -0.628. The van der Waals surface area contributed by atoms with E-state index in [1.807, 2.05) is 63.2 Å². The first-order valence-corrected chi connectivity index (χ1v) is 12.0. The van der Waals surface area contributed by atoms with Gasteiger partial charge in [0.05, 0.1) is 18.2 Å². The maximum absolute atomic E-state index is 13.2. The Labute approximate surface area is 202 Å². The average Bonchev–Trinajstić information content (AvgIpc) is 3.04. The largest absolute Gasteiger partial charge is 0.507 e. The van der Waals surface area contributed by atoms with Gasteiger partial charge in [0.25, 0.3) is 11.7 Å². The number of carbonyl (C=O) groups excluding carboxylic acids is 2. The van der Waals surface area contributed by atoms with Gasteiger partial charge in [0.2, 0.25) is 0 Å². The van der Waals surface area contributed by atoms with E-state index in [9.17, 15) is 14.7 Å². The molecule has 3 rings (SSSR count). The summed E-state index contributed by atoms with van der Waals surface area (Å²) < 4.78 is 5.78. The van der Waals surface area contributed by atoms with Crippen molar-refractivity contribution in [2.75, 3.05) is 33.8 Å². The number of likely N-dealkylation sites (tertiary alicyclic amines) is 1. The van der Waals surface area contributed by atoms with Crippen molar-refractivity contribution in [2.45, 2.75) is 46.1 Å². The molecule has 6 nitrogen and oxygen atoms in total. The van der Waals surface area contributed by atoms with E-state index < -0.39 is 17.7 Å². The quantitative estimate of drug-likeness (QED) is 0.235. The number of aliphatic hydroxyl groups excluding tert-OH is 1. The van der Waals surface area contributed by atoms with E-state index in [1.165, 1.54) is 0 Å². The van der Waals surface area contributed by atoms with E-state index in [1.54, 1.807) is 17.0 Å². The van der Waals surface area contributed by atoms with E-state index in [2.05, 4.69) is 6.92 Å². The smallest absolute Gasteiger partial charge is 0.295 e. The van der Waals surface area contributed by atoms with Gasteiger partial charge in [0.1, 0.15) is 11.5 Å². The van der Waals surface area contributed by atoms with Crippen molar-refractivity contribution < 1.29 is 19.4 Å². The number of amides is 1. The lowest BCUT2D eigenvalue weighted by molar-refractivity contribution is -0.139. The maximum atomic E-state index is 13.2. The van der Waals surface area contributed by atoms with Gasteiger partial charge < -0.3 is 19.6 Å². The third-order valence-electron chi connectivity index (χ3n) is 6.16. The Morgan fingerprint density at radius 1 is 1.06 bits per heavy atom. The second-order valence-corrected chi connectivity index (χ2v) is 9.24. The second kappa shape index (κ2) is 11.3. The summed E-state index contributed by atoms with van der Waals surface area (Å²) in [6.07, 6.45) is 2.74. The van der Waals surface area contributed by atoms with E-state index in [4.69, 9.17) is 4.74 Å². The van der Waals surface area contributed by atoms with Crippen LogP contribution in [0.5, 0.6) is 5.75 Å². The highest BCUT2D eigenvalue weighted by Crippen LogP contribution is 2.40. The van der Waals surface area contributed by atoms with Gasteiger partial charge in [-0.2, -0.15) is 0 Å². The number of Topliss-reactive ketones (excluding diaryl/α,β-unsaturated/α-hetero) is 1. The molecular weight excluding hydrogens is 428 g/mol. The monoisotopic (exact) mass is 464 g/mol. The molecule has 1 aliphatic heterocycles. The van der Waals surface area contributed by atoms with Crippen LogP contribution in [-0.4, -0.2) is 60.4 Å². The Morgan fingerprint density at radius 2 is 1.76 bits per heavy atom. The molecule has 182 valence electrons. The first-order valence-electron chi connectivity index (χ1n) is 12.0. The van der Waals surface area contributed by atoms with Gasteiger partial charge in [-0.25, -0.2) is 0 Å². The van der Waals surface area contributed by atoms with Gasteiger partial charge in [-0.1, -0.05) is 43.2 Å². The fourth-order valence-electron chi connectivity index (χ4n) is 4.23. The van der Waals surface area contributed by atoms with Gasteiger partial charge in [-0.15, -0.1) is 0 Å². The zero-order valence-corrected chi connectivity index (χ0v) is 20.9. The highest BCUT2D eigenvalue weighted by molar-refractivity contribution is 6.46. The Bertz CT molecular complexity index is 1060. The lowest BCUT2D eigenvalue weighted by Crippen LogP contribution is -2.32. The lowest BCUT2D eigenvalue weighted by Gasteiger charge is -2.26. The Balaban J connectivity index is 2.02. The van der Waals surface area contributed by atoms with Crippen LogP contribution in [0.15, 0.2) is 48.0 Å². The summed E-state index contributed by atoms with van der Waals surface area (Å²) in [7, 11) is 3.95. The highest BCUT2D eigenvalue weighted by atomic mass is 16.5. The van der Waals surface area contributed by atoms with Crippen molar-refractivity contribution in [3.63, 3.8) is 0 Å². The Hall–Kier alpha value is -3.12. The van der Waals surface area contributed by atoms with Crippen molar-refractivity contribution in [2.24, 2.45) is 0 Å². The zero-order valence-electron chi connectivity index (χ0n) is 20.9. The average molecular weight is 465 g/mol. The topological polar surface area (TPSA) is 70.1 Å². The fraction of sp³-hybridized carbons (Fsp3) is 0.429. The van der Waals surface area contributed by atoms with Crippen LogP contribution in [0.2, 0.25) is 0 Å². The van der Waals surface area contributed by atoms with Gasteiger partial charge in [-0.3, -0.25) is 9.59 Å². The molecule has 0 unspecified atom stereocenters. The molecule has 6 heteroatoms. The number of rotatable bonds is 10. The van der Waals surface area contributed by atoms with Crippen LogP contribution in [-0.2, 0) is 9.59 Å². The molecular formula is C28H36N2O4. The summed E-state index contributed by atoms with van der Waals surface area (Å²) in [6, 6.07) is 12.6. The van der Waals surface area contributed by atoms with Crippen LogP contribution in [0, 0.1) is 13.8 Å². The molecule has 0 radical (unpaired) electrons. The number of aryl methyl sites for hydroxylation is 2. The maximum Gasteiger partial charge on any atom is 0.295 e. The summed E-state index contributed by atoms with van der Waals surface area (Å²) >= 11 is 0. The molecule has 0 aliphatic carbocycles. The van der Waals surface area contributed by atoms with Crippen LogP contribution in [0.25, 0.3) is 5.76 Å². The van der Waals surface area contributed by atoms with Crippen molar-refractivity contribution >= 4 is 17.4 Å². The SMILES string of the molecule is CCCCOc1ccc(/C(O)=C2\C(=O)C(=O)N(CCCN(C)C)[C@H]2c2ccc(C)cc2)c(C)c1. The molecule has 0 aromatic heterocycles. The number of carbonyl (C=O) groups is 2. The zero-order chi connectivity index (χ0) is 24.8. The summed E-state index contributed by atoms with van der Waals surface area (Å²) in [4.78, 5) is 29.9. The molecule has 1 saturated heterocycles. The molecule has 1 N–H and O–H groups in total. The predicted octanol–water partition coefficient (Wildman–Crippen LogP) is 4.86. The number of ether oxygens (including phenoxy) is 1. The van der Waals surface area contributed by atoms with Gasteiger partial charge in [0.15, 0.2) is 0 Å². The minimum Gasteiger partial charge on any atom is -0.507 e. The van der Waals surface area contributed by atoms with Crippen molar-refractivity contribution in [3.8, 4) is 5.75 Å². The minimum atomic E-state index is -0.643. The van der Waals surface area contributed by atoms with E-state index in [0.717, 1.165) is 48.2 Å². The predicted molar refractivity (Wildman–Crippen MR) is 135 cm³/mol. The van der Waals surface area contributed by atoms with Gasteiger partial charge in [0, 0.05) is 12.1 Å². The molecule has 0 bridgehead atoms. The van der Waals surface area contributed by atoms with Gasteiger partial charge >= 0.3 is 0 Å². The summed E-state index contributed by atoms with van der Waals surface area (Å²) in [5.41, 5.74) is 3.36. The minimum absolute atomic E-state index is 0.140. The normalized spacial score (nSPS) is 17.6. The third kappa shape index (κ3) is 5.68. The number of benzene rings is 2. The molecule has 2 aromatic rings. The first kappa shape index (κ1) is 25.5. The molecule has 1 aliphatic rings. The first-order chi connectivity index (χ1) is 16.2. The van der Waals surface area contributed by atoms with Crippen LogP contribution in [0.3, 0.4) is 0 Å². The molecule has 1 atom stereocenters. The van der Waals surface area contributed by atoms with Crippen molar-refractivity contribution in [3.05, 3.63) is 70.3 Å². The van der Waals surface area contributed by atoms with Crippen LogP contribution >= 0.6 is 0 Å². The number of hydrogen-bond donors (Lipinski definition) is 1. The fourth-order valence-corrected chi connectivity index (χ4v) is 4.23. The molecule has 1 amide bonds. The van der Waals surface area contributed by atoms with Crippen LogP contribution < -0.4 is 4.74 Å². The van der Waals surface area contributed by atoms with Crippen molar-refractivity contribution in [1.29, 1.82) is 0 Å². The Morgan fingerprint density at radius 3 is 2.38 bits per heavy atom. The number of unbranched alkanes of at least 4 members (excludes halogenated alkanes) is 1. The molecule has 1 heterocycles. The van der Waals surface area contributed by atoms with E-state index >= 15 is 0 Å². The molecule has 2 aromatic carbocycles. The highest BCUT2D eigenvalue weighted by Gasteiger charge is 2.45. The molecule has 0 saturated carbocycles. The molecule has 34 heavy (non-hydrogen) atoms. The number of nitrogens with zero attached hydrogens (tertiary/aromatic N) is 2. The van der Waals surface area contributed by atoms with Crippen LogP contribution in [0.4, 0.5) is 0 Å². The number of aliphatic hydroxyl groups is 1. The standard InChI is InChI=1S/C28H36N2O4/c1-6-7-17-34-22-13-14-23(20(3)18-22)26(31)24-25(21-11-9-19(2)10-12-21)30(28(33)27(24)32)16-8-15-29(4)5/h9-14,18,25,31H,6-8,15-17H2,1-5H3/b26-24+/t25-/m0/s1. The van der Waals surface area contributed by atoms with E-state index in [-0.39, 0.29) is 11.3 Å². The summed E-state index contributed by atoms with van der Waals surface area (Å²) in [5, 5.41) is 11.3. The summed E-state index contributed by atoms with van der Waals surface area (Å²) in [6.45, 7) is 7.83. The number of ketones is 1. The van der Waals surface area contributed by atoms with Gasteiger partial charge in [-0.05, 0) is 76.7 Å². The van der Waals surface area contributed by atoms with E-state index in [0.29, 0.717) is 18.7 Å². The Kier molecular flexibility index (Phi) is 8.51. The van der Waals surface area contributed by atoms with Crippen molar-refractivity contribution in [1.82, 2.24) is 9.80 Å². The molecule has 1 fully saturated rings. The molecule has 0 spiro atoms. The number of hydrogen-bond acceptors (Lipinski definition) is 5. The second-order valence-electron chi connectivity index (χ2n) is 9.24. The third-order valence-corrected chi connectivity index (χ3v) is 6.16. The lowest BCUT2D eigenvalue weighted by atomic mass is 9.93.